The van der Waals surface area contributed by atoms with E-state index in [1.165, 1.54) is 0 Å². The molecule has 1 fully saturated rings. The lowest BCUT2D eigenvalue weighted by Crippen LogP contribution is -2.53. The fraction of sp³-hybridized carbons (Fsp3) is 0.588. The molecule has 4 heteroatoms. The minimum absolute atomic E-state index is 0.261. The Labute approximate surface area is 128 Å². The smallest absolute Gasteiger partial charge is 0.348 e. The SMILES string of the molecule is CC[N+](CC)(CC)C(=O)c1ccccc1N1CCNCC1. The summed E-state index contributed by atoms with van der Waals surface area (Å²) >= 11 is 0. The number of nitrogens with one attached hydrogen (secondary N) is 1. The fourth-order valence-electron chi connectivity index (χ4n) is 3.19. The maximum Gasteiger partial charge on any atom is 0.348 e. The lowest BCUT2D eigenvalue weighted by Gasteiger charge is -2.35. The van der Waals surface area contributed by atoms with E-state index in [1.54, 1.807) is 0 Å². The summed E-state index contributed by atoms with van der Waals surface area (Å²) in [5, 5.41) is 3.37. The Morgan fingerprint density at radius 1 is 1.10 bits per heavy atom. The molecule has 1 N–H and O–H groups in total. The second-order valence-corrected chi connectivity index (χ2v) is 5.65. The first-order valence-electron chi connectivity index (χ1n) is 8.14. The van der Waals surface area contributed by atoms with Gasteiger partial charge in [0, 0.05) is 26.2 Å². The number of hydrogen-bond donors (Lipinski definition) is 1. The molecule has 0 radical (unpaired) electrons. The molecule has 0 atom stereocenters. The molecule has 116 valence electrons. The Kier molecular flexibility index (Phi) is 5.37. The zero-order valence-corrected chi connectivity index (χ0v) is 13.6. The minimum atomic E-state index is 0.261. The summed E-state index contributed by atoms with van der Waals surface area (Å²) in [4.78, 5) is 15.5. The van der Waals surface area contributed by atoms with E-state index in [1.807, 2.05) is 18.2 Å². The van der Waals surface area contributed by atoms with Crippen LogP contribution >= 0.6 is 0 Å². The second-order valence-electron chi connectivity index (χ2n) is 5.65. The molecule has 0 aliphatic carbocycles. The molecule has 0 unspecified atom stereocenters. The third kappa shape index (κ3) is 3.11. The highest BCUT2D eigenvalue weighted by molar-refractivity contribution is 5.95. The Bertz CT molecular complexity index is 468. The van der Waals surface area contributed by atoms with Crippen LogP contribution in [-0.2, 0) is 0 Å². The van der Waals surface area contributed by atoms with Gasteiger partial charge in [-0.05, 0) is 32.9 Å². The predicted octanol–water partition coefficient (Wildman–Crippen LogP) is 2.11. The third-order valence-corrected chi connectivity index (χ3v) is 4.84. The first-order chi connectivity index (χ1) is 10.2. The van der Waals surface area contributed by atoms with Crippen molar-refractivity contribution in [2.75, 3.05) is 50.7 Å². The quantitative estimate of drug-likeness (QED) is 0.843. The summed E-state index contributed by atoms with van der Waals surface area (Å²) in [5.74, 6) is 0.261. The van der Waals surface area contributed by atoms with Crippen LogP contribution in [-0.4, -0.2) is 56.2 Å². The van der Waals surface area contributed by atoms with Gasteiger partial charge in [0.05, 0.1) is 25.3 Å². The maximum absolute atomic E-state index is 13.2. The van der Waals surface area contributed by atoms with Crippen molar-refractivity contribution in [1.82, 2.24) is 5.32 Å². The van der Waals surface area contributed by atoms with Crippen molar-refractivity contribution in [3.63, 3.8) is 0 Å². The summed E-state index contributed by atoms with van der Waals surface area (Å²) in [5.41, 5.74) is 1.98. The molecule has 1 aliphatic rings. The largest absolute Gasteiger partial charge is 0.368 e. The van der Waals surface area contributed by atoms with Crippen LogP contribution in [0.15, 0.2) is 24.3 Å². The Hall–Kier alpha value is -1.39. The van der Waals surface area contributed by atoms with E-state index in [-0.39, 0.29) is 5.91 Å². The van der Waals surface area contributed by atoms with Crippen molar-refractivity contribution in [1.29, 1.82) is 0 Å². The normalized spacial score (nSPS) is 16.0. The van der Waals surface area contributed by atoms with Crippen molar-refractivity contribution < 1.29 is 9.28 Å². The van der Waals surface area contributed by atoms with Crippen molar-refractivity contribution in [3.05, 3.63) is 29.8 Å². The van der Waals surface area contributed by atoms with E-state index in [9.17, 15) is 4.79 Å². The maximum atomic E-state index is 13.2. The molecular formula is C17H28N3O+. The van der Waals surface area contributed by atoms with Crippen molar-refractivity contribution in [3.8, 4) is 0 Å². The van der Waals surface area contributed by atoms with Gasteiger partial charge in [0.25, 0.3) is 0 Å². The van der Waals surface area contributed by atoms with Crippen molar-refractivity contribution in [2.45, 2.75) is 20.8 Å². The lowest BCUT2D eigenvalue weighted by atomic mass is 10.1. The molecule has 0 bridgehead atoms. The first-order valence-corrected chi connectivity index (χ1v) is 8.14. The van der Waals surface area contributed by atoms with Gasteiger partial charge in [0.15, 0.2) is 0 Å². The van der Waals surface area contributed by atoms with Crippen LogP contribution in [0.3, 0.4) is 0 Å². The molecule has 4 nitrogen and oxygen atoms in total. The van der Waals surface area contributed by atoms with Crippen molar-refractivity contribution in [2.24, 2.45) is 0 Å². The lowest BCUT2D eigenvalue weighted by molar-refractivity contribution is -0.843. The number of rotatable bonds is 5. The molecule has 1 saturated heterocycles. The molecule has 0 spiro atoms. The van der Waals surface area contributed by atoms with Crippen LogP contribution in [0.1, 0.15) is 31.1 Å². The van der Waals surface area contributed by atoms with E-state index < -0.39 is 0 Å². The number of anilines is 1. The van der Waals surface area contributed by atoms with E-state index >= 15 is 0 Å². The average molecular weight is 290 g/mol. The monoisotopic (exact) mass is 290 g/mol. The number of carbonyl (C=O) groups is 1. The van der Waals surface area contributed by atoms with Crippen LogP contribution in [0.5, 0.6) is 0 Å². The molecule has 1 aliphatic heterocycles. The minimum Gasteiger partial charge on any atom is -0.368 e. The standard InChI is InChI=1S/C17H28N3O/c1-4-20(5-2,6-3)17(21)15-9-7-8-10-16(15)19-13-11-18-12-14-19/h7-10,18H,4-6,11-14H2,1-3H3/q+1. The Morgan fingerprint density at radius 2 is 1.67 bits per heavy atom. The van der Waals surface area contributed by atoms with Crippen LogP contribution in [0.25, 0.3) is 0 Å². The molecule has 21 heavy (non-hydrogen) atoms. The van der Waals surface area contributed by atoms with Crippen LogP contribution in [0.2, 0.25) is 0 Å². The summed E-state index contributed by atoms with van der Waals surface area (Å²) in [6, 6.07) is 8.10. The van der Waals surface area contributed by atoms with Gasteiger partial charge in [0.1, 0.15) is 5.56 Å². The van der Waals surface area contributed by atoms with Gasteiger partial charge in [-0.3, -0.25) is 4.48 Å². The topological polar surface area (TPSA) is 32.3 Å². The first kappa shape index (κ1) is 16.0. The van der Waals surface area contributed by atoms with Crippen LogP contribution in [0.4, 0.5) is 5.69 Å². The zero-order valence-electron chi connectivity index (χ0n) is 13.6. The molecule has 2 rings (SSSR count). The molecule has 1 heterocycles. The summed E-state index contributed by atoms with van der Waals surface area (Å²) < 4.78 is 0.531. The van der Waals surface area contributed by atoms with Gasteiger partial charge in [0.2, 0.25) is 0 Å². The highest BCUT2D eigenvalue weighted by Crippen LogP contribution is 2.25. The van der Waals surface area contributed by atoms with E-state index in [2.05, 4.69) is 37.1 Å². The van der Waals surface area contributed by atoms with Crippen LogP contribution in [0, 0.1) is 0 Å². The number of amides is 1. The number of quaternary nitrogens is 1. The number of benzene rings is 1. The number of piperazine rings is 1. The fourth-order valence-corrected chi connectivity index (χ4v) is 3.19. The summed E-state index contributed by atoms with van der Waals surface area (Å²) in [6.07, 6.45) is 0. The highest BCUT2D eigenvalue weighted by atomic mass is 16.2. The highest BCUT2D eigenvalue weighted by Gasteiger charge is 2.34. The van der Waals surface area contributed by atoms with Crippen LogP contribution < -0.4 is 10.2 Å². The van der Waals surface area contributed by atoms with Gasteiger partial charge < -0.3 is 10.2 Å². The number of nitrogens with zero attached hydrogens (tertiary/aromatic N) is 2. The van der Waals surface area contributed by atoms with Gasteiger partial charge in [-0.2, -0.15) is 0 Å². The van der Waals surface area contributed by atoms with Gasteiger partial charge in [-0.1, -0.05) is 12.1 Å². The van der Waals surface area contributed by atoms with Gasteiger partial charge in [-0.15, -0.1) is 0 Å². The average Bonchev–Trinajstić information content (AvgIpc) is 2.57. The third-order valence-electron chi connectivity index (χ3n) is 4.84. The Balaban J connectivity index is 2.37. The van der Waals surface area contributed by atoms with Gasteiger partial charge >= 0.3 is 5.91 Å². The molecular weight excluding hydrogens is 262 g/mol. The van der Waals surface area contributed by atoms with Gasteiger partial charge in [-0.25, -0.2) is 4.79 Å². The Morgan fingerprint density at radius 3 is 2.24 bits per heavy atom. The molecule has 1 aromatic carbocycles. The zero-order chi connectivity index (χ0) is 15.3. The summed E-state index contributed by atoms with van der Waals surface area (Å²) in [7, 11) is 0. The summed E-state index contributed by atoms with van der Waals surface area (Å²) in [6.45, 7) is 12.8. The molecule has 0 aromatic heterocycles. The number of carbonyl (C=O) groups excluding carboxylic acids is 1. The second kappa shape index (κ2) is 7.05. The molecule has 0 saturated carbocycles. The number of para-hydroxylation sites is 1. The molecule has 1 aromatic rings. The van der Waals surface area contributed by atoms with E-state index in [0.29, 0.717) is 4.48 Å². The van der Waals surface area contributed by atoms with Crippen molar-refractivity contribution >= 4 is 11.6 Å². The van der Waals surface area contributed by atoms with E-state index in [0.717, 1.165) is 57.1 Å². The predicted molar refractivity (Wildman–Crippen MR) is 87.7 cm³/mol. The molecule has 1 amide bonds. The number of hydrogen-bond acceptors (Lipinski definition) is 3. The van der Waals surface area contributed by atoms with E-state index in [4.69, 9.17) is 0 Å².